The molecule has 0 aliphatic rings. The summed E-state index contributed by atoms with van der Waals surface area (Å²) in [7, 11) is -4.05. The number of anilines is 1. The van der Waals surface area contributed by atoms with Gasteiger partial charge in [-0.25, -0.2) is 8.42 Å². The van der Waals surface area contributed by atoms with E-state index in [0.717, 1.165) is 15.4 Å². The molecule has 3 rings (SSSR count). The topological polar surface area (TPSA) is 66.5 Å². The maximum Gasteiger partial charge on any atom is 0.264 e. The molecule has 0 aliphatic heterocycles. The Labute approximate surface area is 186 Å². The fraction of sp³-hybridized carbons (Fsp3) is 0.136. The first-order valence-electron chi connectivity index (χ1n) is 9.13. The third-order valence-electron chi connectivity index (χ3n) is 4.53. The van der Waals surface area contributed by atoms with Gasteiger partial charge in [0, 0.05) is 11.6 Å². The smallest absolute Gasteiger partial charge is 0.264 e. The van der Waals surface area contributed by atoms with Crippen LogP contribution in [0.5, 0.6) is 0 Å². The van der Waals surface area contributed by atoms with E-state index >= 15 is 0 Å². The lowest BCUT2D eigenvalue weighted by Crippen LogP contribution is -2.40. The summed E-state index contributed by atoms with van der Waals surface area (Å²) >= 11 is 12.3. The Bertz CT molecular complexity index is 1150. The van der Waals surface area contributed by atoms with E-state index in [1.807, 2.05) is 31.2 Å². The van der Waals surface area contributed by atoms with E-state index in [0.29, 0.717) is 5.02 Å². The number of hydrogen-bond donors (Lipinski definition) is 1. The monoisotopic (exact) mass is 462 g/mol. The van der Waals surface area contributed by atoms with Gasteiger partial charge in [0.1, 0.15) is 6.54 Å². The van der Waals surface area contributed by atoms with Crippen LogP contribution < -0.4 is 9.62 Å². The highest BCUT2D eigenvalue weighted by atomic mass is 35.5. The lowest BCUT2D eigenvalue weighted by molar-refractivity contribution is -0.119. The molecule has 0 spiro atoms. The predicted octanol–water partition coefficient (Wildman–Crippen LogP) is 4.81. The van der Waals surface area contributed by atoms with Crippen molar-refractivity contribution in [3.8, 4) is 0 Å². The van der Waals surface area contributed by atoms with Crippen molar-refractivity contribution < 1.29 is 13.2 Å². The van der Waals surface area contributed by atoms with Crippen molar-refractivity contribution in [2.75, 3.05) is 10.8 Å². The molecule has 156 valence electrons. The number of carbonyl (C=O) groups is 1. The number of nitrogens with zero attached hydrogens (tertiary/aromatic N) is 1. The first kappa shape index (κ1) is 22.2. The van der Waals surface area contributed by atoms with Gasteiger partial charge < -0.3 is 5.32 Å². The third-order valence-corrected chi connectivity index (χ3v) is 6.86. The Hall–Kier alpha value is -2.54. The van der Waals surface area contributed by atoms with Gasteiger partial charge in [0.05, 0.1) is 15.6 Å². The summed E-state index contributed by atoms with van der Waals surface area (Å²) in [4.78, 5) is 12.7. The number of aryl methyl sites for hydroxylation is 1. The van der Waals surface area contributed by atoms with Crippen LogP contribution in [0.25, 0.3) is 0 Å². The average Bonchev–Trinajstić information content (AvgIpc) is 2.74. The zero-order valence-corrected chi connectivity index (χ0v) is 18.5. The van der Waals surface area contributed by atoms with Crippen molar-refractivity contribution in [3.63, 3.8) is 0 Å². The molecule has 0 aromatic heterocycles. The minimum absolute atomic E-state index is 0.0488. The number of nitrogens with one attached hydrogen (secondary N) is 1. The largest absolute Gasteiger partial charge is 0.350 e. The Morgan fingerprint density at radius 2 is 1.63 bits per heavy atom. The van der Waals surface area contributed by atoms with Crippen LogP contribution >= 0.6 is 23.2 Å². The van der Waals surface area contributed by atoms with E-state index < -0.39 is 22.5 Å². The second-order valence-electron chi connectivity index (χ2n) is 6.62. The van der Waals surface area contributed by atoms with Gasteiger partial charge in [-0.05, 0) is 48.4 Å². The first-order chi connectivity index (χ1) is 14.3. The Balaban J connectivity index is 1.91. The molecule has 3 aromatic carbocycles. The Morgan fingerprint density at radius 3 is 2.33 bits per heavy atom. The molecule has 0 radical (unpaired) electrons. The van der Waals surface area contributed by atoms with Crippen LogP contribution in [0.2, 0.25) is 10.0 Å². The van der Waals surface area contributed by atoms with Gasteiger partial charge in [0.25, 0.3) is 10.0 Å². The number of halogens is 2. The molecule has 0 aliphatic carbocycles. The maximum absolute atomic E-state index is 13.3. The van der Waals surface area contributed by atoms with Gasteiger partial charge in [-0.1, -0.05) is 65.7 Å². The third kappa shape index (κ3) is 5.14. The highest BCUT2D eigenvalue weighted by molar-refractivity contribution is 7.92. The molecule has 0 fully saturated rings. The molecule has 0 atom stereocenters. The summed E-state index contributed by atoms with van der Waals surface area (Å²) in [6.45, 7) is 1.79. The van der Waals surface area contributed by atoms with Crippen molar-refractivity contribution in [3.05, 3.63) is 94.0 Å². The summed E-state index contributed by atoms with van der Waals surface area (Å²) in [5.74, 6) is -0.464. The van der Waals surface area contributed by atoms with Crippen molar-refractivity contribution in [2.45, 2.75) is 18.4 Å². The number of sulfonamides is 1. The van der Waals surface area contributed by atoms with Gasteiger partial charge in [0.2, 0.25) is 5.91 Å². The Morgan fingerprint density at radius 1 is 0.967 bits per heavy atom. The molecule has 0 saturated heterocycles. The van der Waals surface area contributed by atoms with Gasteiger partial charge in [-0.3, -0.25) is 9.10 Å². The molecule has 1 amide bonds. The molecule has 3 aromatic rings. The minimum Gasteiger partial charge on any atom is -0.350 e. The van der Waals surface area contributed by atoms with Crippen molar-refractivity contribution >= 4 is 44.8 Å². The highest BCUT2D eigenvalue weighted by Gasteiger charge is 2.28. The SMILES string of the molecule is Cc1ccccc1CNC(=O)CN(c1cc(Cl)ccc1Cl)S(=O)(=O)c1ccccc1. The highest BCUT2D eigenvalue weighted by Crippen LogP contribution is 2.32. The molecule has 5 nitrogen and oxygen atoms in total. The molecule has 0 heterocycles. The summed E-state index contributed by atoms with van der Waals surface area (Å²) in [5, 5.41) is 3.26. The van der Waals surface area contributed by atoms with Crippen LogP contribution in [0.15, 0.2) is 77.7 Å². The number of hydrogen-bond acceptors (Lipinski definition) is 3. The van der Waals surface area contributed by atoms with Gasteiger partial charge in [-0.2, -0.15) is 0 Å². The fourth-order valence-corrected chi connectivity index (χ4v) is 4.77. The van der Waals surface area contributed by atoms with E-state index in [2.05, 4.69) is 5.32 Å². The van der Waals surface area contributed by atoms with Crippen LogP contribution in [0.4, 0.5) is 5.69 Å². The molecule has 8 heteroatoms. The maximum atomic E-state index is 13.3. The summed E-state index contributed by atoms with van der Waals surface area (Å²) in [5.41, 5.74) is 2.12. The van der Waals surface area contributed by atoms with E-state index in [9.17, 15) is 13.2 Å². The fourth-order valence-electron chi connectivity index (χ4n) is 2.88. The second kappa shape index (κ2) is 9.51. The lowest BCUT2D eigenvalue weighted by Gasteiger charge is -2.25. The van der Waals surface area contributed by atoms with Crippen molar-refractivity contribution in [2.24, 2.45) is 0 Å². The second-order valence-corrected chi connectivity index (χ2v) is 9.33. The molecule has 0 bridgehead atoms. The minimum atomic E-state index is -4.05. The molecule has 0 unspecified atom stereocenters. The lowest BCUT2D eigenvalue weighted by atomic mass is 10.1. The molecule has 30 heavy (non-hydrogen) atoms. The molecule has 0 saturated carbocycles. The van der Waals surface area contributed by atoms with Crippen molar-refractivity contribution in [1.82, 2.24) is 5.32 Å². The van der Waals surface area contributed by atoms with Crippen LogP contribution in [0.3, 0.4) is 0 Å². The number of rotatable bonds is 7. The van der Waals surface area contributed by atoms with E-state index in [1.165, 1.54) is 24.3 Å². The van der Waals surface area contributed by atoms with Crippen molar-refractivity contribution in [1.29, 1.82) is 0 Å². The standard InChI is InChI=1S/C22H20Cl2N2O3S/c1-16-7-5-6-8-17(16)14-25-22(27)15-26(21-13-18(23)11-12-20(21)24)30(28,29)19-9-3-2-4-10-19/h2-13H,14-15H2,1H3,(H,25,27). The zero-order chi connectivity index (χ0) is 21.7. The van der Waals surface area contributed by atoms with Crippen LogP contribution in [0.1, 0.15) is 11.1 Å². The van der Waals surface area contributed by atoms with E-state index in [-0.39, 0.29) is 22.2 Å². The molecular weight excluding hydrogens is 443 g/mol. The Kier molecular flexibility index (Phi) is 7.02. The number of carbonyl (C=O) groups excluding carboxylic acids is 1. The predicted molar refractivity (Wildman–Crippen MR) is 120 cm³/mol. The first-order valence-corrected chi connectivity index (χ1v) is 11.3. The van der Waals surface area contributed by atoms with Gasteiger partial charge in [-0.15, -0.1) is 0 Å². The summed E-state index contributed by atoms with van der Waals surface area (Å²) in [6.07, 6.45) is 0. The molecular formula is C22H20Cl2N2O3S. The number of benzene rings is 3. The number of amides is 1. The van der Waals surface area contributed by atoms with Gasteiger partial charge in [0.15, 0.2) is 0 Å². The van der Waals surface area contributed by atoms with Crippen LogP contribution in [-0.2, 0) is 21.4 Å². The van der Waals surface area contributed by atoms with Crippen LogP contribution in [-0.4, -0.2) is 20.9 Å². The normalized spacial score (nSPS) is 11.2. The zero-order valence-electron chi connectivity index (χ0n) is 16.2. The summed E-state index contributed by atoms with van der Waals surface area (Å²) in [6, 6.07) is 20.0. The average molecular weight is 463 g/mol. The summed E-state index contributed by atoms with van der Waals surface area (Å²) < 4.78 is 27.6. The quantitative estimate of drug-likeness (QED) is 0.547. The van der Waals surface area contributed by atoms with Crippen LogP contribution in [0, 0.1) is 6.92 Å². The van der Waals surface area contributed by atoms with Gasteiger partial charge >= 0.3 is 0 Å². The van der Waals surface area contributed by atoms with E-state index in [4.69, 9.17) is 23.2 Å². The molecule has 1 N–H and O–H groups in total. The van der Waals surface area contributed by atoms with E-state index in [1.54, 1.807) is 24.3 Å².